The summed E-state index contributed by atoms with van der Waals surface area (Å²) in [5, 5.41) is 15.8. The van der Waals surface area contributed by atoms with Crippen molar-refractivity contribution in [3.63, 3.8) is 0 Å². The zero-order valence-electron chi connectivity index (χ0n) is 19.4. The Bertz CT molecular complexity index is 681. The molecule has 2 rings (SSSR count). The zero-order chi connectivity index (χ0) is 21.3. The van der Waals surface area contributed by atoms with Gasteiger partial charge in [0.1, 0.15) is 5.75 Å². The topological polar surface area (TPSA) is 32.3 Å². The highest BCUT2D eigenvalue weighted by atomic mass is 16.3. The second kappa shape index (κ2) is 16.1. The summed E-state index contributed by atoms with van der Waals surface area (Å²) in [5.74, 6) is 0.379. The van der Waals surface area contributed by atoms with Crippen LogP contribution in [0.15, 0.2) is 36.4 Å². The molecule has 0 fully saturated rings. The molecule has 2 aromatic carbocycles. The predicted octanol–water partition coefficient (Wildman–Crippen LogP) is 9.22. The molecule has 0 aromatic heterocycles. The molecule has 0 aliphatic carbocycles. The van der Waals surface area contributed by atoms with Gasteiger partial charge in [0.25, 0.3) is 0 Å². The smallest absolute Gasteiger partial charge is 0.146 e. The van der Waals surface area contributed by atoms with Gasteiger partial charge in [0.2, 0.25) is 0 Å². The number of hydrogen-bond acceptors (Lipinski definition) is 2. The Morgan fingerprint density at radius 2 is 1.10 bits per heavy atom. The van der Waals surface area contributed by atoms with E-state index in [-0.39, 0.29) is 0 Å². The van der Waals surface area contributed by atoms with Gasteiger partial charge in [0.05, 0.1) is 5.69 Å². The largest absolute Gasteiger partial charge is 0.505 e. The van der Waals surface area contributed by atoms with E-state index in [1.165, 1.54) is 103 Å². The van der Waals surface area contributed by atoms with Crippen LogP contribution in [-0.4, -0.2) is 11.7 Å². The predicted molar refractivity (Wildman–Crippen MR) is 134 cm³/mol. The average molecular weight is 412 g/mol. The fraction of sp³-hybridized carbons (Fsp3) is 0.643. The molecule has 30 heavy (non-hydrogen) atoms. The van der Waals surface area contributed by atoms with Crippen LogP contribution in [0.5, 0.6) is 5.75 Å². The van der Waals surface area contributed by atoms with Gasteiger partial charge in [0, 0.05) is 11.9 Å². The molecule has 0 aliphatic rings. The lowest BCUT2D eigenvalue weighted by Crippen LogP contribution is -2.01. The molecular weight excluding hydrogens is 366 g/mol. The number of fused-ring (bicyclic) bond motifs is 1. The molecule has 0 atom stereocenters. The summed E-state index contributed by atoms with van der Waals surface area (Å²) in [6, 6.07) is 12.1. The number of benzene rings is 2. The van der Waals surface area contributed by atoms with E-state index in [2.05, 4.69) is 18.3 Å². The van der Waals surface area contributed by atoms with E-state index < -0.39 is 0 Å². The molecule has 0 heterocycles. The molecule has 2 heteroatoms. The maximum absolute atomic E-state index is 10.4. The summed E-state index contributed by atoms with van der Waals surface area (Å²) in [4.78, 5) is 0. The van der Waals surface area contributed by atoms with Crippen LogP contribution in [0.25, 0.3) is 10.8 Å². The van der Waals surface area contributed by atoms with Gasteiger partial charge in [-0.05, 0) is 17.9 Å². The number of rotatable bonds is 18. The first-order valence-corrected chi connectivity index (χ1v) is 12.8. The van der Waals surface area contributed by atoms with E-state index in [9.17, 15) is 5.11 Å². The molecule has 168 valence electrons. The van der Waals surface area contributed by atoms with Crippen molar-refractivity contribution in [3.8, 4) is 5.75 Å². The van der Waals surface area contributed by atoms with Crippen molar-refractivity contribution in [2.45, 2.75) is 110 Å². The number of aromatic hydroxyl groups is 1. The van der Waals surface area contributed by atoms with Gasteiger partial charge >= 0.3 is 0 Å². The number of phenolic OH excluding ortho intramolecular Hbond substituents is 1. The van der Waals surface area contributed by atoms with Gasteiger partial charge in [-0.3, -0.25) is 0 Å². The number of anilines is 1. The highest BCUT2D eigenvalue weighted by Gasteiger charge is 2.05. The summed E-state index contributed by atoms with van der Waals surface area (Å²) < 4.78 is 0. The molecule has 0 saturated heterocycles. The third-order valence-electron chi connectivity index (χ3n) is 6.25. The molecule has 2 N–H and O–H groups in total. The minimum absolute atomic E-state index is 0.379. The third kappa shape index (κ3) is 9.87. The number of unbranched alkanes of at least 4 members (excludes halogenated alkanes) is 15. The number of nitrogens with one attached hydrogen (secondary N) is 1. The molecule has 0 bridgehead atoms. The van der Waals surface area contributed by atoms with Crippen molar-refractivity contribution in [1.29, 1.82) is 0 Å². The van der Waals surface area contributed by atoms with E-state index in [4.69, 9.17) is 0 Å². The Balaban J connectivity index is 1.38. The quantitative estimate of drug-likeness (QED) is 0.189. The Kier molecular flexibility index (Phi) is 13.1. The van der Waals surface area contributed by atoms with Crippen molar-refractivity contribution in [2.24, 2.45) is 0 Å². The lowest BCUT2D eigenvalue weighted by atomic mass is 10.0. The third-order valence-corrected chi connectivity index (χ3v) is 6.25. The molecule has 2 nitrogen and oxygen atoms in total. The standard InChI is InChI=1S/C28H45NO/c1-2-3-4-5-6-7-8-9-10-11-12-13-14-15-16-19-24-29-27-23-22-25-20-17-18-21-26(25)28(27)30/h17-18,20-23,29-30H,2-16,19,24H2,1H3. The van der Waals surface area contributed by atoms with Crippen LogP contribution >= 0.6 is 0 Å². The van der Waals surface area contributed by atoms with E-state index in [1.54, 1.807) is 0 Å². The summed E-state index contributed by atoms with van der Waals surface area (Å²) in [5.41, 5.74) is 0.856. The molecule has 0 spiro atoms. The van der Waals surface area contributed by atoms with Crippen LogP contribution < -0.4 is 5.32 Å². The van der Waals surface area contributed by atoms with Crippen molar-refractivity contribution >= 4 is 16.5 Å². The average Bonchev–Trinajstić information content (AvgIpc) is 2.77. The van der Waals surface area contributed by atoms with Crippen LogP contribution in [-0.2, 0) is 0 Å². The molecule has 0 radical (unpaired) electrons. The molecule has 0 unspecified atom stereocenters. The van der Waals surface area contributed by atoms with E-state index >= 15 is 0 Å². The molecule has 0 aliphatic heterocycles. The Morgan fingerprint density at radius 3 is 1.67 bits per heavy atom. The first-order chi connectivity index (χ1) is 14.8. The van der Waals surface area contributed by atoms with Crippen LogP contribution in [0.2, 0.25) is 0 Å². The monoisotopic (exact) mass is 411 g/mol. The van der Waals surface area contributed by atoms with Gasteiger partial charge in [-0.1, -0.05) is 134 Å². The SMILES string of the molecule is CCCCCCCCCCCCCCCCCCNc1ccc2ccccc2c1O. The van der Waals surface area contributed by atoms with Crippen molar-refractivity contribution in [2.75, 3.05) is 11.9 Å². The first kappa shape index (κ1) is 24.6. The molecule has 0 amide bonds. The highest BCUT2D eigenvalue weighted by molar-refractivity contribution is 5.92. The minimum atomic E-state index is 0.379. The van der Waals surface area contributed by atoms with E-state index in [0.29, 0.717) is 5.75 Å². The van der Waals surface area contributed by atoms with Crippen molar-refractivity contribution in [1.82, 2.24) is 0 Å². The van der Waals surface area contributed by atoms with Crippen LogP contribution in [0.4, 0.5) is 5.69 Å². The van der Waals surface area contributed by atoms with Gasteiger partial charge < -0.3 is 10.4 Å². The Morgan fingerprint density at radius 1 is 0.600 bits per heavy atom. The van der Waals surface area contributed by atoms with Gasteiger partial charge in [0.15, 0.2) is 0 Å². The van der Waals surface area contributed by atoms with E-state index in [1.807, 2.05) is 30.3 Å². The van der Waals surface area contributed by atoms with E-state index in [0.717, 1.165) is 23.0 Å². The minimum Gasteiger partial charge on any atom is -0.505 e. The van der Waals surface area contributed by atoms with Crippen LogP contribution in [0.1, 0.15) is 110 Å². The second-order valence-corrected chi connectivity index (χ2v) is 8.91. The Labute approximate surface area is 185 Å². The maximum atomic E-state index is 10.4. The van der Waals surface area contributed by atoms with Crippen molar-refractivity contribution < 1.29 is 5.11 Å². The lowest BCUT2D eigenvalue weighted by Gasteiger charge is -2.10. The maximum Gasteiger partial charge on any atom is 0.146 e. The lowest BCUT2D eigenvalue weighted by molar-refractivity contribution is 0.483. The second-order valence-electron chi connectivity index (χ2n) is 8.91. The number of phenols is 1. The molecular formula is C28H45NO. The Hall–Kier alpha value is -1.70. The summed E-state index contributed by atoms with van der Waals surface area (Å²) in [6.07, 6.45) is 22.3. The summed E-state index contributed by atoms with van der Waals surface area (Å²) in [6.45, 7) is 3.22. The first-order valence-electron chi connectivity index (χ1n) is 12.8. The van der Waals surface area contributed by atoms with Gasteiger partial charge in [-0.15, -0.1) is 0 Å². The summed E-state index contributed by atoms with van der Waals surface area (Å²) >= 11 is 0. The highest BCUT2D eigenvalue weighted by Crippen LogP contribution is 2.32. The van der Waals surface area contributed by atoms with Crippen LogP contribution in [0, 0.1) is 0 Å². The zero-order valence-corrected chi connectivity index (χ0v) is 19.4. The van der Waals surface area contributed by atoms with Gasteiger partial charge in [-0.25, -0.2) is 0 Å². The fourth-order valence-corrected chi connectivity index (χ4v) is 4.29. The summed E-state index contributed by atoms with van der Waals surface area (Å²) in [7, 11) is 0. The number of hydrogen-bond donors (Lipinski definition) is 2. The van der Waals surface area contributed by atoms with Gasteiger partial charge in [-0.2, -0.15) is 0 Å². The molecule has 0 saturated carbocycles. The van der Waals surface area contributed by atoms with Crippen molar-refractivity contribution in [3.05, 3.63) is 36.4 Å². The fourth-order valence-electron chi connectivity index (χ4n) is 4.29. The van der Waals surface area contributed by atoms with Crippen LogP contribution in [0.3, 0.4) is 0 Å². The normalized spacial score (nSPS) is 11.2. The molecule has 2 aromatic rings.